The van der Waals surface area contributed by atoms with Gasteiger partial charge in [0.2, 0.25) is 11.8 Å². The molecule has 0 saturated heterocycles. The number of pyridine rings is 1. The fourth-order valence-corrected chi connectivity index (χ4v) is 2.80. The minimum Gasteiger partial charge on any atom is -0.758 e. The summed E-state index contributed by atoms with van der Waals surface area (Å²) >= 11 is 11.4. The highest BCUT2D eigenvalue weighted by Gasteiger charge is 2.28. The topological polar surface area (TPSA) is 46.5 Å². The van der Waals surface area contributed by atoms with Crippen LogP contribution in [0.4, 0.5) is 0 Å². The normalized spacial score (nSPS) is 12.8. The van der Waals surface area contributed by atoms with Gasteiger partial charge in [0.1, 0.15) is 5.76 Å². The molecule has 0 aliphatic rings. The van der Waals surface area contributed by atoms with Crippen molar-refractivity contribution in [2.24, 2.45) is 4.99 Å². The number of hydrogen-bond donors (Lipinski definition) is 0. The second-order valence-electron chi connectivity index (χ2n) is 5.33. The van der Waals surface area contributed by atoms with Gasteiger partial charge in [-0.1, -0.05) is 17.7 Å². The largest absolute Gasteiger partial charge is 0.758 e. The van der Waals surface area contributed by atoms with Gasteiger partial charge >= 0.3 is 0 Å². The molecule has 126 valence electrons. The van der Waals surface area contributed by atoms with Gasteiger partial charge in [-0.05, 0) is 41.4 Å². The van der Waals surface area contributed by atoms with Gasteiger partial charge in [0.25, 0.3) is 0 Å². The van der Waals surface area contributed by atoms with Crippen LogP contribution >= 0.6 is 11.6 Å². The first-order chi connectivity index (χ1) is 12.1. The van der Waals surface area contributed by atoms with E-state index >= 15 is 0 Å². The summed E-state index contributed by atoms with van der Waals surface area (Å²) in [5, 5.41) is 0.873. The van der Waals surface area contributed by atoms with E-state index in [1.165, 1.54) is 0 Å². The molecular formula is C19H15ClN2O2S. The standard InChI is InChI=1S/C19H15ClN2O2S/c20-15-8-6-14(7-9-15)18(23)17(22-10-2-1-3-11-22)19(25)21-13-16-5-4-12-24-16/h1-12,17H,13H2/t17-/m0/s1. The van der Waals surface area contributed by atoms with Crippen molar-refractivity contribution in [2.75, 3.05) is 0 Å². The average Bonchev–Trinajstić information content (AvgIpc) is 3.15. The van der Waals surface area contributed by atoms with Gasteiger partial charge in [0, 0.05) is 22.7 Å². The van der Waals surface area contributed by atoms with Gasteiger partial charge in [-0.25, -0.2) is 0 Å². The summed E-state index contributed by atoms with van der Waals surface area (Å²) in [5.41, 5.74) is 0.529. The minimum atomic E-state index is -0.702. The Balaban J connectivity index is 1.93. The summed E-state index contributed by atoms with van der Waals surface area (Å²) in [5.74, 6) is 0.555. The molecule has 4 nitrogen and oxygen atoms in total. The third-order valence-corrected chi connectivity index (χ3v) is 4.22. The lowest BCUT2D eigenvalue weighted by molar-refractivity contribution is -0.691. The van der Waals surface area contributed by atoms with Gasteiger partial charge in [0.05, 0.1) is 12.8 Å². The van der Waals surface area contributed by atoms with Crippen LogP contribution in [0, 0.1) is 0 Å². The van der Waals surface area contributed by atoms with Gasteiger partial charge in [0.15, 0.2) is 12.4 Å². The smallest absolute Gasteiger partial charge is 0.237 e. The first-order valence-corrected chi connectivity index (χ1v) is 8.43. The summed E-state index contributed by atoms with van der Waals surface area (Å²) in [6.45, 7) is 0.295. The van der Waals surface area contributed by atoms with Crippen molar-refractivity contribution in [2.45, 2.75) is 12.6 Å². The van der Waals surface area contributed by atoms with Gasteiger partial charge in [-0.2, -0.15) is 4.57 Å². The Morgan fingerprint density at radius 3 is 2.48 bits per heavy atom. The Bertz CT molecular complexity index is 862. The highest BCUT2D eigenvalue weighted by Crippen LogP contribution is 2.15. The van der Waals surface area contributed by atoms with E-state index in [1.54, 1.807) is 53.6 Å². The number of nitrogens with zero attached hydrogens (tertiary/aromatic N) is 2. The lowest BCUT2D eigenvalue weighted by Crippen LogP contribution is -2.47. The van der Waals surface area contributed by atoms with E-state index in [0.29, 0.717) is 27.9 Å². The van der Waals surface area contributed by atoms with E-state index in [1.807, 2.05) is 24.3 Å². The second-order valence-corrected chi connectivity index (χ2v) is 6.18. The summed E-state index contributed by atoms with van der Waals surface area (Å²) in [4.78, 5) is 17.4. The number of carbonyl (C=O) groups excluding carboxylic acids is 1. The first-order valence-electron chi connectivity index (χ1n) is 7.64. The van der Waals surface area contributed by atoms with Gasteiger partial charge in [-0.15, -0.1) is 0 Å². The number of hydrogen-bond acceptors (Lipinski definition) is 4. The number of halogens is 1. The van der Waals surface area contributed by atoms with Crippen molar-refractivity contribution >= 4 is 35.1 Å². The Morgan fingerprint density at radius 1 is 1.12 bits per heavy atom. The molecule has 0 unspecified atom stereocenters. The van der Waals surface area contributed by atoms with Crippen LogP contribution in [0.2, 0.25) is 5.02 Å². The third-order valence-electron chi connectivity index (χ3n) is 3.62. The molecule has 6 heteroatoms. The van der Waals surface area contributed by atoms with Gasteiger partial charge < -0.3 is 22.0 Å². The number of aromatic nitrogens is 1. The average molecular weight is 371 g/mol. The molecule has 0 bridgehead atoms. The number of aliphatic imine (C=N–C) groups is 1. The van der Waals surface area contributed by atoms with Crippen LogP contribution in [0.1, 0.15) is 22.2 Å². The molecule has 1 aromatic carbocycles. The van der Waals surface area contributed by atoms with Crippen LogP contribution in [0.15, 0.2) is 82.7 Å². The third kappa shape index (κ3) is 4.32. The maximum absolute atomic E-state index is 13.0. The molecule has 1 atom stereocenters. The summed E-state index contributed by atoms with van der Waals surface area (Å²) in [6, 6.07) is 15.2. The number of Topliss-reactive ketones (excluding diaryl/α,β-unsaturated/α-hetero) is 1. The maximum Gasteiger partial charge on any atom is 0.237 e. The second kappa shape index (κ2) is 8.05. The van der Waals surface area contributed by atoms with E-state index in [9.17, 15) is 4.79 Å². The highest BCUT2D eigenvalue weighted by molar-refractivity contribution is 7.77. The molecule has 0 amide bonds. The highest BCUT2D eigenvalue weighted by atomic mass is 35.5. The molecule has 0 fully saturated rings. The van der Waals surface area contributed by atoms with Crippen LogP contribution < -0.4 is 4.57 Å². The lowest BCUT2D eigenvalue weighted by Gasteiger charge is -2.18. The minimum absolute atomic E-state index is 0.138. The Labute approximate surface area is 156 Å². The Hall–Kier alpha value is -2.50. The number of rotatable bonds is 6. The number of carbonyl (C=O) groups is 1. The fraction of sp³-hybridized carbons (Fsp3) is 0.105. The first kappa shape index (κ1) is 17.3. The molecule has 3 rings (SSSR count). The van der Waals surface area contributed by atoms with Crippen molar-refractivity contribution < 1.29 is 13.8 Å². The number of furan rings is 1. The van der Waals surface area contributed by atoms with Crippen LogP contribution in [0.25, 0.3) is 0 Å². The number of benzene rings is 1. The predicted molar refractivity (Wildman–Crippen MR) is 98.7 cm³/mol. The molecule has 0 aliphatic heterocycles. The molecule has 3 aromatic rings. The van der Waals surface area contributed by atoms with Crippen molar-refractivity contribution in [3.05, 3.63) is 89.6 Å². The summed E-state index contributed by atoms with van der Waals surface area (Å²) < 4.78 is 7.02. The molecule has 0 saturated carbocycles. The Morgan fingerprint density at radius 2 is 1.84 bits per heavy atom. The molecule has 0 N–H and O–H groups in total. The maximum atomic E-state index is 13.0. The lowest BCUT2D eigenvalue weighted by atomic mass is 10.0. The Kier molecular flexibility index (Phi) is 5.58. The van der Waals surface area contributed by atoms with E-state index in [2.05, 4.69) is 4.99 Å². The van der Waals surface area contributed by atoms with E-state index < -0.39 is 6.04 Å². The van der Waals surface area contributed by atoms with Crippen LogP contribution in [-0.2, 0) is 19.2 Å². The molecule has 0 spiro atoms. The fourth-order valence-electron chi connectivity index (χ4n) is 2.38. The zero-order valence-corrected chi connectivity index (χ0v) is 14.8. The quantitative estimate of drug-likeness (QED) is 0.218. The van der Waals surface area contributed by atoms with Crippen molar-refractivity contribution in [1.29, 1.82) is 0 Å². The van der Waals surface area contributed by atoms with E-state index in [-0.39, 0.29) is 5.78 Å². The zero-order chi connectivity index (χ0) is 17.6. The molecule has 0 aliphatic carbocycles. The van der Waals surface area contributed by atoms with E-state index in [4.69, 9.17) is 28.6 Å². The summed E-state index contributed by atoms with van der Waals surface area (Å²) in [6.07, 6.45) is 5.18. The molecule has 2 aromatic heterocycles. The van der Waals surface area contributed by atoms with E-state index in [0.717, 1.165) is 0 Å². The summed E-state index contributed by atoms with van der Waals surface area (Å²) in [7, 11) is 0. The molecule has 0 radical (unpaired) electrons. The molecular weight excluding hydrogens is 356 g/mol. The number of ketones is 1. The van der Waals surface area contributed by atoms with Gasteiger partial charge in [-0.3, -0.25) is 4.79 Å². The predicted octanol–water partition coefficient (Wildman–Crippen LogP) is 3.79. The molecule has 25 heavy (non-hydrogen) atoms. The van der Waals surface area contributed by atoms with Crippen LogP contribution in [-0.4, -0.2) is 10.8 Å². The SMILES string of the molecule is O=C(c1ccc(Cl)cc1)[C@@H](C([S-])=NCc1ccco1)[n+]1ccccc1. The van der Waals surface area contributed by atoms with Crippen molar-refractivity contribution in [1.82, 2.24) is 0 Å². The van der Waals surface area contributed by atoms with Crippen molar-refractivity contribution in [3.8, 4) is 0 Å². The monoisotopic (exact) mass is 370 g/mol. The van der Waals surface area contributed by atoms with Crippen molar-refractivity contribution in [3.63, 3.8) is 0 Å². The molecule has 2 heterocycles. The zero-order valence-electron chi connectivity index (χ0n) is 13.2. The van der Waals surface area contributed by atoms with Crippen LogP contribution in [0.5, 0.6) is 0 Å². The van der Waals surface area contributed by atoms with Crippen LogP contribution in [0.3, 0.4) is 0 Å².